The molecule has 12 heteroatoms. The maximum absolute atomic E-state index is 13.1. The molecule has 1 N–H and O–H groups in total. The molecule has 2 fully saturated rings. The molecule has 2 atom stereocenters. The van der Waals surface area contributed by atoms with Crippen molar-refractivity contribution in [2.45, 2.75) is 36.8 Å². The van der Waals surface area contributed by atoms with Crippen molar-refractivity contribution in [2.75, 3.05) is 31.2 Å². The van der Waals surface area contributed by atoms with Crippen molar-refractivity contribution in [1.29, 1.82) is 0 Å². The number of hydrogen-bond donors (Lipinski definition) is 1. The van der Waals surface area contributed by atoms with Crippen LogP contribution in [0.15, 0.2) is 47.4 Å². The number of benzene rings is 2. The van der Waals surface area contributed by atoms with Crippen LogP contribution in [-0.4, -0.2) is 75.4 Å². The first-order valence-corrected chi connectivity index (χ1v) is 13.2. The normalized spacial score (nSPS) is 22.3. The van der Waals surface area contributed by atoms with Gasteiger partial charge in [0.2, 0.25) is 11.8 Å². The Morgan fingerprint density at radius 3 is 2.49 bits per heavy atom. The molecule has 0 saturated carbocycles. The van der Waals surface area contributed by atoms with E-state index in [2.05, 4.69) is 5.32 Å². The SMILES string of the molecule is Cc1ccc(S(=O)(=O)OCC2CN(c3ccc4c(c3)C(=O)N(C3CCC(=O)NC3=O)C4=O)CCO2)cc1. The van der Waals surface area contributed by atoms with E-state index in [1.165, 1.54) is 12.1 Å². The average molecular weight is 528 g/mol. The Hall–Kier alpha value is -3.61. The number of rotatable bonds is 6. The number of fused-ring (bicyclic) bond motifs is 1. The van der Waals surface area contributed by atoms with E-state index in [9.17, 15) is 27.6 Å². The van der Waals surface area contributed by atoms with Gasteiger partial charge in [-0.25, -0.2) is 0 Å². The minimum absolute atomic E-state index is 0.0476. The van der Waals surface area contributed by atoms with Crippen LogP contribution in [0.4, 0.5) is 5.69 Å². The van der Waals surface area contributed by atoms with Crippen LogP contribution in [0.25, 0.3) is 0 Å². The lowest BCUT2D eigenvalue weighted by Crippen LogP contribution is -2.54. The molecule has 11 nitrogen and oxygen atoms in total. The number of nitrogens with one attached hydrogen (secondary N) is 1. The molecule has 0 aromatic heterocycles. The molecule has 0 aliphatic carbocycles. The van der Waals surface area contributed by atoms with Crippen LogP contribution in [0.5, 0.6) is 0 Å². The Labute approximate surface area is 213 Å². The molecule has 2 aromatic carbocycles. The standard InChI is InChI=1S/C25H25N3O8S/c1-15-2-5-18(6-3-15)37(33,34)36-14-17-13-27(10-11-35-17)16-4-7-19-20(12-16)25(32)28(24(19)31)21-8-9-22(29)26-23(21)30/h2-7,12,17,21H,8-11,13-14H2,1H3,(H,26,29,30). The third kappa shape index (κ3) is 4.87. The second-order valence-electron chi connectivity index (χ2n) is 9.17. The Morgan fingerprint density at radius 2 is 1.76 bits per heavy atom. The van der Waals surface area contributed by atoms with Gasteiger partial charge in [0.15, 0.2) is 0 Å². The van der Waals surface area contributed by atoms with Crippen LogP contribution in [0, 0.1) is 6.92 Å². The van der Waals surface area contributed by atoms with Gasteiger partial charge in [-0.2, -0.15) is 8.42 Å². The summed E-state index contributed by atoms with van der Waals surface area (Å²) in [6.45, 7) is 2.78. The summed E-state index contributed by atoms with van der Waals surface area (Å²) in [4.78, 5) is 52.7. The number of anilines is 1. The Kier molecular flexibility index (Phi) is 6.56. The molecule has 2 aromatic rings. The highest BCUT2D eigenvalue weighted by atomic mass is 32.2. The number of nitrogens with zero attached hydrogens (tertiary/aromatic N) is 2. The number of piperidine rings is 1. The van der Waals surface area contributed by atoms with Gasteiger partial charge in [-0.15, -0.1) is 0 Å². The van der Waals surface area contributed by atoms with Gasteiger partial charge in [0, 0.05) is 25.2 Å². The van der Waals surface area contributed by atoms with Crippen molar-refractivity contribution in [3.63, 3.8) is 0 Å². The van der Waals surface area contributed by atoms with Gasteiger partial charge in [-0.05, 0) is 43.7 Å². The Morgan fingerprint density at radius 1 is 1.03 bits per heavy atom. The van der Waals surface area contributed by atoms with Gasteiger partial charge in [0.1, 0.15) is 6.04 Å². The lowest BCUT2D eigenvalue weighted by atomic mass is 10.0. The van der Waals surface area contributed by atoms with E-state index in [1.807, 2.05) is 11.8 Å². The highest BCUT2D eigenvalue weighted by molar-refractivity contribution is 7.86. The summed E-state index contributed by atoms with van der Waals surface area (Å²) in [7, 11) is -3.94. The van der Waals surface area contributed by atoms with Gasteiger partial charge >= 0.3 is 0 Å². The van der Waals surface area contributed by atoms with Crippen LogP contribution in [0.3, 0.4) is 0 Å². The highest BCUT2D eigenvalue weighted by Crippen LogP contribution is 2.31. The van der Waals surface area contributed by atoms with Crippen molar-refractivity contribution in [2.24, 2.45) is 0 Å². The molecule has 5 rings (SSSR count). The quantitative estimate of drug-likeness (QED) is 0.431. The summed E-state index contributed by atoms with van der Waals surface area (Å²) in [5.41, 5.74) is 1.95. The smallest absolute Gasteiger partial charge is 0.297 e. The number of amides is 4. The van der Waals surface area contributed by atoms with Crippen molar-refractivity contribution < 1.29 is 36.5 Å². The topological polar surface area (TPSA) is 139 Å². The van der Waals surface area contributed by atoms with E-state index in [-0.39, 0.29) is 35.5 Å². The molecular weight excluding hydrogens is 502 g/mol. The molecule has 0 spiro atoms. The van der Waals surface area contributed by atoms with Gasteiger partial charge in [-0.1, -0.05) is 17.7 Å². The van der Waals surface area contributed by atoms with Gasteiger partial charge < -0.3 is 9.64 Å². The van der Waals surface area contributed by atoms with E-state index in [0.717, 1.165) is 10.5 Å². The second-order valence-corrected chi connectivity index (χ2v) is 10.8. The van der Waals surface area contributed by atoms with E-state index in [0.29, 0.717) is 25.4 Å². The van der Waals surface area contributed by atoms with Crippen molar-refractivity contribution in [1.82, 2.24) is 10.2 Å². The maximum atomic E-state index is 13.1. The first kappa shape index (κ1) is 25.1. The monoisotopic (exact) mass is 527 g/mol. The van der Waals surface area contributed by atoms with Crippen LogP contribution in [-0.2, 0) is 28.6 Å². The first-order chi connectivity index (χ1) is 17.6. The summed E-state index contributed by atoms with van der Waals surface area (Å²) in [5.74, 6) is -2.26. The fourth-order valence-corrected chi connectivity index (χ4v) is 5.59. The highest BCUT2D eigenvalue weighted by Gasteiger charge is 2.44. The molecule has 3 heterocycles. The number of imide groups is 2. The molecule has 0 radical (unpaired) electrons. The van der Waals surface area contributed by atoms with Crippen molar-refractivity contribution in [3.05, 3.63) is 59.2 Å². The number of morpholine rings is 1. The Bertz CT molecular complexity index is 1390. The molecule has 194 valence electrons. The van der Waals surface area contributed by atoms with Crippen LogP contribution in [0.2, 0.25) is 0 Å². The zero-order valence-electron chi connectivity index (χ0n) is 20.0. The predicted octanol–water partition coefficient (Wildman–Crippen LogP) is 1.01. The molecular formula is C25H25N3O8S. The van der Waals surface area contributed by atoms with E-state index < -0.39 is 45.9 Å². The van der Waals surface area contributed by atoms with Crippen molar-refractivity contribution >= 4 is 39.4 Å². The number of carbonyl (C=O) groups excluding carboxylic acids is 4. The number of carbonyl (C=O) groups is 4. The van der Waals surface area contributed by atoms with Crippen LogP contribution >= 0.6 is 0 Å². The minimum atomic E-state index is -3.94. The minimum Gasteiger partial charge on any atom is -0.372 e. The number of ether oxygens (including phenoxy) is 1. The average Bonchev–Trinajstić information content (AvgIpc) is 3.12. The van der Waals surface area contributed by atoms with Gasteiger partial charge in [0.25, 0.3) is 21.9 Å². The molecule has 3 aliphatic heterocycles. The lowest BCUT2D eigenvalue weighted by Gasteiger charge is -2.34. The summed E-state index contributed by atoms with van der Waals surface area (Å²) in [5, 5.41) is 2.18. The fraction of sp³-hybridized carbons (Fsp3) is 0.360. The predicted molar refractivity (Wildman–Crippen MR) is 129 cm³/mol. The third-order valence-electron chi connectivity index (χ3n) is 6.65. The molecule has 37 heavy (non-hydrogen) atoms. The van der Waals surface area contributed by atoms with E-state index in [1.54, 1.807) is 30.3 Å². The largest absolute Gasteiger partial charge is 0.372 e. The lowest BCUT2D eigenvalue weighted by molar-refractivity contribution is -0.136. The molecule has 2 unspecified atom stereocenters. The molecule has 0 bridgehead atoms. The summed E-state index contributed by atoms with van der Waals surface area (Å²) >= 11 is 0. The summed E-state index contributed by atoms with van der Waals surface area (Å²) in [6, 6.07) is 10.2. The summed E-state index contributed by atoms with van der Waals surface area (Å²) < 4.78 is 36.0. The Balaban J connectivity index is 1.27. The van der Waals surface area contributed by atoms with Crippen molar-refractivity contribution in [3.8, 4) is 0 Å². The first-order valence-electron chi connectivity index (χ1n) is 11.8. The fourth-order valence-electron chi connectivity index (χ4n) is 4.65. The zero-order chi connectivity index (χ0) is 26.3. The number of aryl methyl sites for hydroxylation is 1. The third-order valence-corrected chi connectivity index (χ3v) is 7.94. The molecule has 3 aliphatic rings. The molecule has 2 saturated heterocycles. The van der Waals surface area contributed by atoms with Crippen LogP contribution < -0.4 is 10.2 Å². The van der Waals surface area contributed by atoms with Crippen LogP contribution in [0.1, 0.15) is 39.1 Å². The molecule has 4 amide bonds. The zero-order valence-corrected chi connectivity index (χ0v) is 20.8. The van der Waals surface area contributed by atoms with E-state index >= 15 is 0 Å². The van der Waals surface area contributed by atoms with Gasteiger partial charge in [0.05, 0.1) is 35.3 Å². The maximum Gasteiger partial charge on any atom is 0.297 e. The number of hydrogen-bond acceptors (Lipinski definition) is 9. The van der Waals surface area contributed by atoms with Gasteiger partial charge in [-0.3, -0.25) is 33.6 Å². The second kappa shape index (κ2) is 9.69. The van der Waals surface area contributed by atoms with E-state index in [4.69, 9.17) is 8.92 Å². The summed E-state index contributed by atoms with van der Waals surface area (Å²) in [6.07, 6.45) is -0.412.